The average molecular weight is 391 g/mol. The Bertz CT molecular complexity index is 1240. The lowest BCUT2D eigenvalue weighted by molar-refractivity contribution is 0.123. The number of aromatic nitrogens is 4. The number of ether oxygens (including phenoxy) is 2. The van der Waals surface area contributed by atoms with E-state index in [-0.39, 0.29) is 5.69 Å². The van der Waals surface area contributed by atoms with E-state index in [1.165, 1.54) is 0 Å². The van der Waals surface area contributed by atoms with E-state index in [0.29, 0.717) is 36.7 Å². The van der Waals surface area contributed by atoms with Gasteiger partial charge in [0.25, 0.3) is 0 Å². The highest BCUT2D eigenvalue weighted by molar-refractivity contribution is 5.93. The van der Waals surface area contributed by atoms with Crippen LogP contribution in [0.4, 0.5) is 5.69 Å². The first-order chi connectivity index (χ1) is 14.3. The highest BCUT2D eigenvalue weighted by atomic mass is 16.5. The maximum Gasteiger partial charge on any atom is 0.332 e. The molecular formula is C21H21N5O3. The van der Waals surface area contributed by atoms with Crippen LogP contribution in [0.3, 0.4) is 0 Å². The van der Waals surface area contributed by atoms with Crippen molar-refractivity contribution in [3.05, 3.63) is 53.2 Å². The van der Waals surface area contributed by atoms with E-state index in [1.807, 2.05) is 37.4 Å². The Balaban J connectivity index is 1.72. The number of hydrogen-bond donors (Lipinski definition) is 1. The van der Waals surface area contributed by atoms with Crippen LogP contribution in [0, 0.1) is 0 Å². The number of pyridine rings is 2. The van der Waals surface area contributed by atoms with Gasteiger partial charge in [-0.05, 0) is 31.2 Å². The molecule has 0 spiro atoms. The smallest absolute Gasteiger partial charge is 0.332 e. The quantitative estimate of drug-likeness (QED) is 0.575. The maximum absolute atomic E-state index is 12.8. The Morgan fingerprint density at radius 3 is 2.79 bits per heavy atom. The summed E-state index contributed by atoms with van der Waals surface area (Å²) in [5, 5.41) is 0.995. The molecule has 1 fully saturated rings. The average Bonchev–Trinajstić information content (AvgIpc) is 3.10. The van der Waals surface area contributed by atoms with Gasteiger partial charge >= 0.3 is 5.69 Å². The van der Waals surface area contributed by atoms with Crippen molar-refractivity contribution >= 4 is 27.8 Å². The van der Waals surface area contributed by atoms with Crippen LogP contribution in [0.15, 0.2) is 47.5 Å². The molecule has 0 radical (unpaired) electrons. The fourth-order valence-corrected chi connectivity index (χ4v) is 3.86. The van der Waals surface area contributed by atoms with Crippen molar-refractivity contribution in [3.63, 3.8) is 0 Å². The minimum Gasteiger partial charge on any atom is -0.491 e. The third kappa shape index (κ3) is 3.01. The van der Waals surface area contributed by atoms with E-state index in [9.17, 15) is 4.79 Å². The van der Waals surface area contributed by atoms with Crippen LogP contribution in [-0.2, 0) is 4.74 Å². The van der Waals surface area contributed by atoms with Crippen LogP contribution in [0.2, 0.25) is 0 Å². The zero-order chi connectivity index (χ0) is 19.8. The van der Waals surface area contributed by atoms with Gasteiger partial charge in [-0.2, -0.15) is 0 Å². The lowest BCUT2D eigenvalue weighted by Crippen LogP contribution is -2.36. The number of anilines is 1. The number of H-pyrrole nitrogens is 1. The van der Waals surface area contributed by atoms with Crippen molar-refractivity contribution in [2.75, 3.05) is 37.8 Å². The lowest BCUT2D eigenvalue weighted by Gasteiger charge is -2.29. The SMILES string of the molecule is CCOc1ccnc2[nH]c(=O)n(-c3ccc4nccc(N5CCOCC5)c4c3)c12. The highest BCUT2D eigenvalue weighted by Gasteiger charge is 2.18. The molecule has 1 saturated heterocycles. The van der Waals surface area contributed by atoms with Gasteiger partial charge in [-0.25, -0.2) is 9.78 Å². The van der Waals surface area contributed by atoms with Crippen molar-refractivity contribution in [3.8, 4) is 11.4 Å². The van der Waals surface area contributed by atoms with Crippen LogP contribution >= 0.6 is 0 Å². The number of imidazole rings is 1. The molecule has 1 aliphatic rings. The van der Waals surface area contributed by atoms with Crippen molar-refractivity contribution in [2.24, 2.45) is 0 Å². The van der Waals surface area contributed by atoms with E-state index in [0.717, 1.165) is 35.4 Å². The molecule has 0 bridgehead atoms. The van der Waals surface area contributed by atoms with Crippen LogP contribution in [-0.4, -0.2) is 52.4 Å². The summed E-state index contributed by atoms with van der Waals surface area (Å²) in [4.78, 5) is 26.7. The van der Waals surface area contributed by atoms with Crippen molar-refractivity contribution in [1.29, 1.82) is 0 Å². The zero-order valence-corrected chi connectivity index (χ0v) is 16.1. The summed E-state index contributed by atoms with van der Waals surface area (Å²) in [6.07, 6.45) is 3.45. The highest BCUT2D eigenvalue weighted by Crippen LogP contribution is 2.30. The second-order valence-corrected chi connectivity index (χ2v) is 6.84. The predicted octanol–water partition coefficient (Wildman–Crippen LogP) is 2.50. The van der Waals surface area contributed by atoms with Gasteiger partial charge in [-0.3, -0.25) is 14.5 Å². The molecule has 1 aliphatic heterocycles. The molecule has 0 unspecified atom stereocenters. The van der Waals surface area contributed by atoms with Crippen LogP contribution in [0.1, 0.15) is 6.92 Å². The van der Waals surface area contributed by atoms with Gasteiger partial charge in [0.15, 0.2) is 5.65 Å². The Kier molecular flexibility index (Phi) is 4.40. The number of rotatable bonds is 4. The topological polar surface area (TPSA) is 85.3 Å². The van der Waals surface area contributed by atoms with Crippen molar-refractivity contribution in [1.82, 2.24) is 19.5 Å². The summed E-state index contributed by atoms with van der Waals surface area (Å²) < 4.78 is 12.8. The molecule has 1 aromatic carbocycles. The summed E-state index contributed by atoms with van der Waals surface area (Å²) in [7, 11) is 0. The van der Waals surface area contributed by atoms with E-state index in [4.69, 9.17) is 9.47 Å². The van der Waals surface area contributed by atoms with Gasteiger partial charge < -0.3 is 14.4 Å². The van der Waals surface area contributed by atoms with Gasteiger partial charge in [-0.1, -0.05) is 0 Å². The first-order valence-corrected chi connectivity index (χ1v) is 9.70. The summed E-state index contributed by atoms with van der Waals surface area (Å²) in [5.74, 6) is 0.621. The normalized spacial score (nSPS) is 14.6. The largest absolute Gasteiger partial charge is 0.491 e. The van der Waals surface area contributed by atoms with Gasteiger partial charge in [0.2, 0.25) is 0 Å². The van der Waals surface area contributed by atoms with Crippen LogP contribution in [0.5, 0.6) is 5.75 Å². The molecule has 4 heterocycles. The number of nitrogens with one attached hydrogen (secondary N) is 1. The Labute approximate surface area is 166 Å². The number of benzene rings is 1. The van der Waals surface area contributed by atoms with Gasteiger partial charge in [0.05, 0.1) is 31.0 Å². The standard InChI is InChI=1S/C21H21N5O3/c1-2-29-18-6-8-23-20-19(18)26(21(27)24-20)14-3-4-16-15(13-14)17(5-7-22-16)25-9-11-28-12-10-25/h3-8,13H,2,9-12H2,1H3,(H,23,24,27). The molecule has 0 atom stereocenters. The summed E-state index contributed by atoms with van der Waals surface area (Å²) in [5.41, 5.74) is 3.60. The summed E-state index contributed by atoms with van der Waals surface area (Å²) >= 11 is 0. The molecule has 29 heavy (non-hydrogen) atoms. The van der Waals surface area contributed by atoms with Crippen LogP contribution < -0.4 is 15.3 Å². The first kappa shape index (κ1) is 17.7. The Morgan fingerprint density at radius 1 is 1.14 bits per heavy atom. The van der Waals surface area contributed by atoms with Crippen molar-refractivity contribution in [2.45, 2.75) is 6.92 Å². The number of nitrogens with zero attached hydrogens (tertiary/aromatic N) is 4. The summed E-state index contributed by atoms with van der Waals surface area (Å²) in [6, 6.07) is 9.64. The minimum atomic E-state index is -0.254. The molecule has 4 aromatic rings. The van der Waals surface area contributed by atoms with E-state index in [2.05, 4.69) is 19.9 Å². The van der Waals surface area contributed by atoms with Gasteiger partial charge in [0.1, 0.15) is 11.3 Å². The molecule has 0 saturated carbocycles. The van der Waals surface area contributed by atoms with Crippen LogP contribution in [0.25, 0.3) is 27.8 Å². The minimum absolute atomic E-state index is 0.254. The Hall–Kier alpha value is -3.39. The molecule has 3 aromatic heterocycles. The maximum atomic E-state index is 12.8. The third-order valence-electron chi connectivity index (χ3n) is 5.15. The second-order valence-electron chi connectivity index (χ2n) is 6.84. The first-order valence-electron chi connectivity index (χ1n) is 9.70. The fourth-order valence-electron chi connectivity index (χ4n) is 3.86. The number of morpholine rings is 1. The zero-order valence-electron chi connectivity index (χ0n) is 16.1. The van der Waals surface area contributed by atoms with E-state index in [1.54, 1.807) is 16.8 Å². The molecular weight excluding hydrogens is 370 g/mol. The molecule has 148 valence electrons. The number of hydrogen-bond acceptors (Lipinski definition) is 6. The van der Waals surface area contributed by atoms with E-state index < -0.39 is 0 Å². The molecule has 0 amide bonds. The van der Waals surface area contributed by atoms with Gasteiger partial charge in [-0.15, -0.1) is 0 Å². The third-order valence-corrected chi connectivity index (χ3v) is 5.15. The lowest BCUT2D eigenvalue weighted by atomic mass is 10.1. The number of fused-ring (bicyclic) bond motifs is 2. The van der Waals surface area contributed by atoms with Gasteiger partial charge in [0, 0.05) is 42.6 Å². The molecule has 0 aliphatic carbocycles. The second kappa shape index (κ2) is 7.21. The number of aromatic amines is 1. The summed E-state index contributed by atoms with van der Waals surface area (Å²) in [6.45, 7) is 5.48. The fraction of sp³-hybridized carbons (Fsp3) is 0.286. The Morgan fingerprint density at radius 2 is 1.97 bits per heavy atom. The molecule has 1 N–H and O–H groups in total. The molecule has 5 rings (SSSR count). The monoisotopic (exact) mass is 391 g/mol. The molecule has 8 nitrogen and oxygen atoms in total. The van der Waals surface area contributed by atoms with Crippen molar-refractivity contribution < 1.29 is 9.47 Å². The van der Waals surface area contributed by atoms with E-state index >= 15 is 0 Å². The molecule has 8 heteroatoms. The predicted molar refractivity (Wildman–Crippen MR) is 111 cm³/mol.